The molecule has 0 amide bonds. The minimum Gasteiger partial charge on any atom is -0.489 e. The summed E-state index contributed by atoms with van der Waals surface area (Å²) >= 11 is 3.32. The summed E-state index contributed by atoms with van der Waals surface area (Å²) in [5, 5.41) is 10.2. The predicted molar refractivity (Wildman–Crippen MR) is 70.5 cm³/mol. The van der Waals surface area contributed by atoms with E-state index < -0.39 is 6.10 Å². The van der Waals surface area contributed by atoms with E-state index in [0.29, 0.717) is 17.1 Å². The van der Waals surface area contributed by atoms with Crippen LogP contribution in [0.1, 0.15) is 31.3 Å². The van der Waals surface area contributed by atoms with Gasteiger partial charge < -0.3 is 14.3 Å². The van der Waals surface area contributed by atoms with Crippen molar-refractivity contribution in [3.8, 4) is 5.75 Å². The summed E-state index contributed by atoms with van der Waals surface area (Å²) in [6.07, 6.45) is 3.93. The molecule has 18 heavy (non-hydrogen) atoms. The Hall–Kier alpha value is -1.33. The van der Waals surface area contributed by atoms with Gasteiger partial charge in [-0.15, -0.1) is 0 Å². The van der Waals surface area contributed by atoms with Crippen LogP contribution in [0.3, 0.4) is 0 Å². The summed E-state index contributed by atoms with van der Waals surface area (Å²) in [6, 6.07) is 3.49. The summed E-state index contributed by atoms with van der Waals surface area (Å²) in [5.74, 6) is 1.09. The average Bonchev–Trinajstić information content (AvgIpc) is 2.74. The van der Waals surface area contributed by atoms with Gasteiger partial charge >= 0.3 is 0 Å². The Morgan fingerprint density at radius 1 is 1.39 bits per heavy atom. The lowest BCUT2D eigenvalue weighted by atomic mass is 10.1. The molecule has 0 aliphatic rings. The highest BCUT2D eigenvalue weighted by molar-refractivity contribution is 9.10. The Morgan fingerprint density at radius 2 is 2.17 bits per heavy atom. The van der Waals surface area contributed by atoms with Gasteiger partial charge in [0.05, 0.1) is 23.0 Å². The van der Waals surface area contributed by atoms with Crippen LogP contribution in [0, 0.1) is 0 Å². The number of pyridine rings is 1. The van der Waals surface area contributed by atoms with Crippen LogP contribution in [-0.2, 0) is 0 Å². The zero-order valence-corrected chi connectivity index (χ0v) is 11.7. The highest BCUT2D eigenvalue weighted by Gasteiger charge is 2.18. The molecule has 0 aromatic carbocycles. The first kappa shape index (κ1) is 13.1. The predicted octanol–water partition coefficient (Wildman–Crippen LogP) is 3.31. The number of ether oxygens (including phenoxy) is 1. The van der Waals surface area contributed by atoms with Crippen LogP contribution in [-0.4, -0.2) is 16.2 Å². The molecule has 0 aliphatic heterocycles. The first-order chi connectivity index (χ1) is 8.58. The molecule has 2 aromatic heterocycles. The molecule has 2 aromatic rings. The van der Waals surface area contributed by atoms with Crippen LogP contribution in [0.5, 0.6) is 5.75 Å². The fraction of sp³-hybridized carbons (Fsp3) is 0.308. The van der Waals surface area contributed by atoms with Gasteiger partial charge in [-0.3, -0.25) is 4.98 Å². The van der Waals surface area contributed by atoms with Gasteiger partial charge in [0.1, 0.15) is 11.9 Å². The molecule has 0 fully saturated rings. The summed E-state index contributed by atoms with van der Waals surface area (Å²) in [4.78, 5) is 4.06. The zero-order valence-electron chi connectivity index (χ0n) is 10.1. The maximum absolute atomic E-state index is 10.2. The molecule has 2 heterocycles. The number of hydrogen-bond acceptors (Lipinski definition) is 4. The second kappa shape index (κ2) is 5.54. The molecule has 1 N–H and O–H groups in total. The molecule has 4 nitrogen and oxygen atoms in total. The molecule has 0 spiro atoms. The van der Waals surface area contributed by atoms with Gasteiger partial charge in [-0.05, 0) is 41.9 Å². The fourth-order valence-electron chi connectivity index (χ4n) is 1.57. The number of aromatic nitrogens is 1. The summed E-state index contributed by atoms with van der Waals surface area (Å²) in [5.41, 5.74) is 0.629. The first-order valence-corrected chi connectivity index (χ1v) is 6.39. The maximum atomic E-state index is 10.2. The Kier molecular flexibility index (Phi) is 4.04. The van der Waals surface area contributed by atoms with E-state index in [9.17, 15) is 5.11 Å². The van der Waals surface area contributed by atoms with Gasteiger partial charge in [0.15, 0.2) is 5.76 Å². The zero-order chi connectivity index (χ0) is 13.1. The Morgan fingerprint density at radius 3 is 2.78 bits per heavy atom. The van der Waals surface area contributed by atoms with Crippen molar-refractivity contribution >= 4 is 15.9 Å². The van der Waals surface area contributed by atoms with E-state index in [1.807, 2.05) is 13.8 Å². The Bertz CT molecular complexity index is 524. The minimum absolute atomic E-state index is 0.0644. The van der Waals surface area contributed by atoms with E-state index >= 15 is 0 Å². The van der Waals surface area contributed by atoms with Crippen molar-refractivity contribution < 1.29 is 14.3 Å². The number of aliphatic hydroxyl groups excluding tert-OH is 1. The van der Waals surface area contributed by atoms with Crippen molar-refractivity contribution in [3.05, 3.63) is 46.6 Å². The van der Waals surface area contributed by atoms with Crippen molar-refractivity contribution in [2.24, 2.45) is 0 Å². The third-order valence-corrected chi connectivity index (χ3v) is 2.97. The van der Waals surface area contributed by atoms with Crippen LogP contribution in [0.25, 0.3) is 0 Å². The Labute approximate surface area is 114 Å². The summed E-state index contributed by atoms with van der Waals surface area (Å²) in [6.45, 7) is 3.87. The smallest absolute Gasteiger partial charge is 0.151 e. The molecule has 1 atom stereocenters. The van der Waals surface area contributed by atoms with Gasteiger partial charge in [0.25, 0.3) is 0 Å². The summed E-state index contributed by atoms with van der Waals surface area (Å²) in [7, 11) is 0. The van der Waals surface area contributed by atoms with Crippen molar-refractivity contribution in [1.29, 1.82) is 0 Å². The minimum atomic E-state index is -0.863. The lowest BCUT2D eigenvalue weighted by Gasteiger charge is -2.12. The number of nitrogens with zero attached hydrogens (tertiary/aromatic N) is 1. The quantitative estimate of drug-likeness (QED) is 0.941. The van der Waals surface area contributed by atoms with E-state index in [0.717, 1.165) is 4.47 Å². The Balaban J connectivity index is 2.25. The van der Waals surface area contributed by atoms with Gasteiger partial charge in [0.2, 0.25) is 0 Å². The third-order valence-electron chi connectivity index (χ3n) is 2.31. The van der Waals surface area contributed by atoms with Crippen LogP contribution >= 0.6 is 15.9 Å². The molecule has 1 unspecified atom stereocenters. The molecule has 0 saturated carbocycles. The van der Waals surface area contributed by atoms with E-state index in [4.69, 9.17) is 9.15 Å². The van der Waals surface area contributed by atoms with Gasteiger partial charge in [-0.25, -0.2) is 0 Å². The molecule has 96 valence electrons. The van der Waals surface area contributed by atoms with Crippen LogP contribution in [0.4, 0.5) is 0 Å². The highest BCUT2D eigenvalue weighted by Crippen LogP contribution is 2.30. The van der Waals surface area contributed by atoms with Crippen LogP contribution in [0.2, 0.25) is 0 Å². The number of halogens is 1. The second-order valence-corrected chi connectivity index (χ2v) is 5.01. The molecule has 0 bridgehead atoms. The standard InChI is InChI=1S/C13H14BrNO3/c1-8(2)18-10-5-9(6-15-7-10)12(16)13-11(14)3-4-17-13/h3-8,12,16H,1-2H3. The number of aliphatic hydroxyl groups is 1. The number of rotatable bonds is 4. The molecule has 0 aliphatic carbocycles. The summed E-state index contributed by atoms with van der Waals surface area (Å²) < 4.78 is 11.5. The third kappa shape index (κ3) is 2.91. The van der Waals surface area contributed by atoms with Gasteiger partial charge in [0, 0.05) is 11.8 Å². The number of hydrogen-bond donors (Lipinski definition) is 1. The molecular weight excluding hydrogens is 298 g/mol. The van der Waals surface area contributed by atoms with Crippen LogP contribution in [0.15, 0.2) is 39.7 Å². The fourth-order valence-corrected chi connectivity index (χ4v) is 1.99. The SMILES string of the molecule is CC(C)Oc1cncc(C(O)c2occc2Br)c1. The number of furan rings is 1. The van der Waals surface area contributed by atoms with Crippen molar-refractivity contribution in [1.82, 2.24) is 4.98 Å². The van der Waals surface area contributed by atoms with E-state index in [1.165, 1.54) is 6.26 Å². The topological polar surface area (TPSA) is 55.5 Å². The van der Waals surface area contributed by atoms with Gasteiger partial charge in [-0.1, -0.05) is 0 Å². The van der Waals surface area contributed by atoms with Crippen molar-refractivity contribution in [2.45, 2.75) is 26.1 Å². The molecule has 0 saturated heterocycles. The maximum Gasteiger partial charge on any atom is 0.151 e. The molecule has 5 heteroatoms. The second-order valence-electron chi connectivity index (χ2n) is 4.16. The van der Waals surface area contributed by atoms with E-state index in [2.05, 4.69) is 20.9 Å². The monoisotopic (exact) mass is 311 g/mol. The lowest BCUT2D eigenvalue weighted by Crippen LogP contribution is -2.07. The first-order valence-electron chi connectivity index (χ1n) is 5.60. The van der Waals surface area contributed by atoms with Crippen molar-refractivity contribution in [3.63, 3.8) is 0 Å². The normalized spacial score (nSPS) is 12.7. The lowest BCUT2D eigenvalue weighted by molar-refractivity contribution is 0.186. The van der Waals surface area contributed by atoms with Crippen molar-refractivity contribution in [2.75, 3.05) is 0 Å². The largest absolute Gasteiger partial charge is 0.489 e. The molecule has 0 radical (unpaired) electrons. The molecule has 2 rings (SSSR count). The van der Waals surface area contributed by atoms with Crippen LogP contribution < -0.4 is 4.74 Å². The van der Waals surface area contributed by atoms with E-state index in [-0.39, 0.29) is 6.10 Å². The average molecular weight is 312 g/mol. The van der Waals surface area contributed by atoms with E-state index in [1.54, 1.807) is 24.5 Å². The highest BCUT2D eigenvalue weighted by atomic mass is 79.9. The molecular formula is C13H14BrNO3. The van der Waals surface area contributed by atoms with Gasteiger partial charge in [-0.2, -0.15) is 0 Å².